The van der Waals surface area contributed by atoms with Crippen LogP contribution in [-0.2, 0) is 6.54 Å². The van der Waals surface area contributed by atoms with Crippen molar-refractivity contribution in [1.82, 2.24) is 4.98 Å². The van der Waals surface area contributed by atoms with Crippen LogP contribution in [0.25, 0.3) is 0 Å². The van der Waals surface area contributed by atoms with Crippen LogP contribution in [0.3, 0.4) is 0 Å². The first-order chi connectivity index (χ1) is 7.79. The van der Waals surface area contributed by atoms with E-state index >= 15 is 0 Å². The Kier molecular flexibility index (Phi) is 3.18. The summed E-state index contributed by atoms with van der Waals surface area (Å²) in [5, 5.41) is 9.60. The van der Waals surface area contributed by atoms with E-state index in [1.807, 2.05) is 30.1 Å². The molecule has 2 aromatic rings. The Morgan fingerprint density at radius 1 is 1.38 bits per heavy atom. The second-order valence-corrected chi connectivity index (χ2v) is 4.47. The molecule has 0 saturated carbocycles. The van der Waals surface area contributed by atoms with Gasteiger partial charge in [0.2, 0.25) is 0 Å². The number of benzene rings is 1. The summed E-state index contributed by atoms with van der Waals surface area (Å²) in [4.78, 5) is 6.90. The van der Waals surface area contributed by atoms with E-state index in [4.69, 9.17) is 5.26 Å². The zero-order valence-corrected chi connectivity index (χ0v) is 9.74. The van der Waals surface area contributed by atoms with Crippen LogP contribution < -0.4 is 4.90 Å². The quantitative estimate of drug-likeness (QED) is 0.812. The van der Waals surface area contributed by atoms with Crippen molar-refractivity contribution in [1.29, 1.82) is 5.26 Å². The summed E-state index contributed by atoms with van der Waals surface area (Å²) >= 11 is 1.41. The van der Waals surface area contributed by atoms with Gasteiger partial charge in [-0.3, -0.25) is 0 Å². The summed E-state index contributed by atoms with van der Waals surface area (Å²) in [6.45, 7) is 0.805. The fourth-order valence-electron chi connectivity index (χ4n) is 1.42. The molecule has 0 spiro atoms. The number of nitriles is 1. The lowest BCUT2D eigenvalue weighted by atomic mass is 10.2. The van der Waals surface area contributed by atoms with E-state index in [0.717, 1.165) is 11.7 Å². The van der Waals surface area contributed by atoms with Crippen molar-refractivity contribution in [2.75, 3.05) is 11.9 Å². The molecule has 1 aromatic heterocycles. The predicted molar refractivity (Wildman–Crippen MR) is 65.4 cm³/mol. The normalized spacial score (nSPS) is 9.75. The Morgan fingerprint density at radius 3 is 2.75 bits per heavy atom. The summed E-state index contributed by atoms with van der Waals surface area (Å²) in [7, 11) is 1.98. The summed E-state index contributed by atoms with van der Waals surface area (Å²) < 4.78 is 0. The Morgan fingerprint density at radius 2 is 2.12 bits per heavy atom. The third-order valence-corrected chi connectivity index (χ3v) is 3.21. The van der Waals surface area contributed by atoms with Crippen LogP contribution in [0.5, 0.6) is 0 Å². The Labute approximate surface area is 98.6 Å². The lowest BCUT2D eigenvalue weighted by molar-refractivity contribution is 0.915. The van der Waals surface area contributed by atoms with Gasteiger partial charge in [-0.2, -0.15) is 5.26 Å². The molecule has 1 aromatic carbocycles. The number of anilines is 1. The van der Waals surface area contributed by atoms with Gasteiger partial charge in [0.1, 0.15) is 10.9 Å². The molecule has 0 saturated heterocycles. The number of nitrogens with zero attached hydrogens (tertiary/aromatic N) is 3. The number of rotatable bonds is 3. The van der Waals surface area contributed by atoms with Gasteiger partial charge in [-0.15, -0.1) is 0 Å². The second kappa shape index (κ2) is 4.77. The summed E-state index contributed by atoms with van der Waals surface area (Å²) in [5.41, 5.74) is 1.23. The maximum atomic E-state index is 8.72. The highest BCUT2D eigenvalue weighted by Crippen LogP contribution is 2.21. The molecule has 3 nitrogen and oxygen atoms in total. The van der Waals surface area contributed by atoms with Crippen LogP contribution in [0.4, 0.5) is 5.13 Å². The Balaban J connectivity index is 2.09. The van der Waals surface area contributed by atoms with Crippen molar-refractivity contribution >= 4 is 16.5 Å². The van der Waals surface area contributed by atoms with Crippen molar-refractivity contribution in [3.63, 3.8) is 0 Å². The molecule has 0 unspecified atom stereocenters. The van der Waals surface area contributed by atoms with Crippen LogP contribution in [0.2, 0.25) is 0 Å². The van der Waals surface area contributed by atoms with E-state index < -0.39 is 0 Å². The standard InChI is InChI=1S/C12H11N3S/c1-15(9-10-5-3-2-4-6-10)12-14-8-11(7-13)16-12/h2-6,8H,9H2,1H3. The fraction of sp³-hybridized carbons (Fsp3) is 0.167. The molecule has 16 heavy (non-hydrogen) atoms. The largest absolute Gasteiger partial charge is 0.347 e. The lowest BCUT2D eigenvalue weighted by Crippen LogP contribution is -2.15. The molecule has 0 atom stereocenters. The minimum absolute atomic E-state index is 0.648. The first-order valence-electron chi connectivity index (χ1n) is 4.90. The third kappa shape index (κ3) is 2.38. The zero-order valence-electron chi connectivity index (χ0n) is 8.92. The van der Waals surface area contributed by atoms with Crippen LogP contribution in [0, 0.1) is 11.3 Å². The van der Waals surface area contributed by atoms with E-state index in [0.29, 0.717) is 4.88 Å². The Hall–Kier alpha value is -1.86. The summed E-state index contributed by atoms with van der Waals surface area (Å²) in [6, 6.07) is 12.3. The van der Waals surface area contributed by atoms with Gasteiger partial charge in [0.05, 0.1) is 6.20 Å². The average molecular weight is 229 g/mol. The molecule has 0 aliphatic carbocycles. The zero-order chi connectivity index (χ0) is 11.4. The van der Waals surface area contributed by atoms with Crippen LogP contribution >= 0.6 is 11.3 Å². The minimum Gasteiger partial charge on any atom is -0.347 e. The van der Waals surface area contributed by atoms with Crippen LogP contribution in [0.15, 0.2) is 36.5 Å². The molecule has 0 fully saturated rings. The summed E-state index contributed by atoms with van der Waals surface area (Å²) in [5.74, 6) is 0. The molecule has 1 heterocycles. The minimum atomic E-state index is 0.648. The van der Waals surface area contributed by atoms with Crippen molar-refractivity contribution < 1.29 is 0 Å². The van der Waals surface area contributed by atoms with Crippen LogP contribution in [0.1, 0.15) is 10.4 Å². The SMILES string of the molecule is CN(Cc1ccccc1)c1ncc(C#N)s1. The molecule has 0 aliphatic rings. The molecule has 4 heteroatoms. The average Bonchev–Trinajstić information content (AvgIpc) is 2.79. The maximum absolute atomic E-state index is 8.72. The molecular weight excluding hydrogens is 218 g/mol. The fourth-order valence-corrected chi connectivity index (χ4v) is 2.09. The van der Waals surface area contributed by atoms with Gasteiger partial charge in [0.15, 0.2) is 5.13 Å². The molecule has 0 bridgehead atoms. The number of hydrogen-bond acceptors (Lipinski definition) is 4. The van der Waals surface area contributed by atoms with E-state index in [2.05, 4.69) is 23.2 Å². The first-order valence-corrected chi connectivity index (χ1v) is 5.72. The molecular formula is C12H11N3S. The highest BCUT2D eigenvalue weighted by Gasteiger charge is 2.06. The van der Waals surface area contributed by atoms with Gasteiger partial charge < -0.3 is 4.90 Å². The number of aromatic nitrogens is 1. The molecule has 80 valence electrons. The third-order valence-electron chi connectivity index (χ3n) is 2.19. The first kappa shape index (κ1) is 10.7. The van der Waals surface area contributed by atoms with Crippen LogP contribution in [-0.4, -0.2) is 12.0 Å². The van der Waals surface area contributed by atoms with E-state index in [9.17, 15) is 0 Å². The van der Waals surface area contributed by atoms with Crippen molar-refractivity contribution in [3.8, 4) is 6.07 Å². The van der Waals surface area contributed by atoms with Gasteiger partial charge in [-0.1, -0.05) is 41.7 Å². The number of thiazole rings is 1. The number of hydrogen-bond donors (Lipinski definition) is 0. The van der Waals surface area contributed by atoms with E-state index in [1.54, 1.807) is 6.20 Å². The summed E-state index contributed by atoms with van der Waals surface area (Å²) in [6.07, 6.45) is 1.61. The topological polar surface area (TPSA) is 39.9 Å². The van der Waals surface area contributed by atoms with Gasteiger partial charge in [-0.05, 0) is 5.56 Å². The second-order valence-electron chi connectivity index (χ2n) is 3.46. The molecule has 0 N–H and O–H groups in total. The highest BCUT2D eigenvalue weighted by molar-refractivity contribution is 7.16. The monoisotopic (exact) mass is 229 g/mol. The smallest absolute Gasteiger partial charge is 0.186 e. The van der Waals surface area contributed by atoms with Crippen molar-refractivity contribution in [3.05, 3.63) is 47.0 Å². The molecule has 2 rings (SSSR count). The lowest BCUT2D eigenvalue weighted by Gasteiger charge is -2.15. The van der Waals surface area contributed by atoms with Gasteiger partial charge >= 0.3 is 0 Å². The van der Waals surface area contributed by atoms with Gasteiger partial charge in [0, 0.05) is 13.6 Å². The Bertz CT molecular complexity index is 498. The molecule has 0 aliphatic heterocycles. The highest BCUT2D eigenvalue weighted by atomic mass is 32.1. The van der Waals surface area contributed by atoms with Gasteiger partial charge in [-0.25, -0.2) is 4.98 Å². The van der Waals surface area contributed by atoms with Crippen molar-refractivity contribution in [2.24, 2.45) is 0 Å². The van der Waals surface area contributed by atoms with Crippen molar-refractivity contribution in [2.45, 2.75) is 6.54 Å². The molecule has 0 radical (unpaired) electrons. The van der Waals surface area contributed by atoms with E-state index in [1.165, 1.54) is 16.9 Å². The predicted octanol–water partition coefficient (Wildman–Crippen LogP) is 2.65. The maximum Gasteiger partial charge on any atom is 0.186 e. The van der Waals surface area contributed by atoms with Gasteiger partial charge in [0.25, 0.3) is 0 Å². The molecule has 0 amide bonds. The van der Waals surface area contributed by atoms with E-state index in [-0.39, 0.29) is 0 Å².